The fourth-order valence-electron chi connectivity index (χ4n) is 2.94. The standard InChI is InChI=1S/C18H20.C2H6/c1-14-10-12-17(13-11-14)18(16-8-5-9-16)15-6-3-2-4-7-15;1-2/h2-4,6-7,10-13,16,18H,5,8-9H2,1H3;1-2H3. The first-order valence-electron chi connectivity index (χ1n) is 7.96. The van der Waals surface area contributed by atoms with Crippen LogP contribution < -0.4 is 0 Å². The van der Waals surface area contributed by atoms with Crippen LogP contribution in [0.25, 0.3) is 0 Å². The second-order valence-corrected chi connectivity index (χ2v) is 5.49. The van der Waals surface area contributed by atoms with E-state index in [2.05, 4.69) is 61.5 Å². The number of aryl methyl sites for hydroxylation is 1. The third kappa shape index (κ3) is 3.30. The summed E-state index contributed by atoms with van der Waals surface area (Å²) in [5.74, 6) is 1.44. The molecule has 1 atom stereocenters. The lowest BCUT2D eigenvalue weighted by Crippen LogP contribution is -2.21. The maximum Gasteiger partial charge on any atom is 0.0118 e. The molecule has 1 fully saturated rings. The van der Waals surface area contributed by atoms with E-state index in [0.717, 1.165) is 5.92 Å². The molecule has 0 bridgehead atoms. The molecule has 106 valence electrons. The van der Waals surface area contributed by atoms with Crippen LogP contribution in [0.15, 0.2) is 54.6 Å². The minimum absolute atomic E-state index is 0.598. The van der Waals surface area contributed by atoms with E-state index >= 15 is 0 Å². The Morgan fingerprint density at radius 2 is 1.35 bits per heavy atom. The van der Waals surface area contributed by atoms with Crippen LogP contribution in [-0.4, -0.2) is 0 Å². The molecule has 1 saturated carbocycles. The van der Waals surface area contributed by atoms with Gasteiger partial charge in [0.25, 0.3) is 0 Å². The Labute approximate surface area is 123 Å². The zero-order valence-corrected chi connectivity index (χ0v) is 13.0. The van der Waals surface area contributed by atoms with E-state index in [-0.39, 0.29) is 0 Å². The highest BCUT2D eigenvalue weighted by molar-refractivity contribution is 5.35. The molecular formula is C20H26. The maximum absolute atomic E-state index is 2.31. The molecule has 0 heterocycles. The average molecular weight is 266 g/mol. The molecule has 2 aromatic carbocycles. The van der Waals surface area contributed by atoms with Crippen LogP contribution >= 0.6 is 0 Å². The van der Waals surface area contributed by atoms with Crippen molar-refractivity contribution in [3.05, 3.63) is 71.3 Å². The lowest BCUT2D eigenvalue weighted by molar-refractivity contribution is 0.284. The van der Waals surface area contributed by atoms with E-state index in [9.17, 15) is 0 Å². The van der Waals surface area contributed by atoms with Crippen molar-refractivity contribution in [2.45, 2.75) is 46.0 Å². The molecule has 0 spiro atoms. The minimum Gasteiger partial charge on any atom is -0.0683 e. The van der Waals surface area contributed by atoms with Gasteiger partial charge in [-0.1, -0.05) is 80.4 Å². The average Bonchev–Trinajstić information content (AvgIpc) is 2.47. The Kier molecular flexibility index (Phi) is 5.40. The van der Waals surface area contributed by atoms with Gasteiger partial charge in [-0.15, -0.1) is 0 Å². The summed E-state index contributed by atoms with van der Waals surface area (Å²) >= 11 is 0. The summed E-state index contributed by atoms with van der Waals surface area (Å²) in [4.78, 5) is 0. The Hall–Kier alpha value is -1.56. The minimum atomic E-state index is 0.598. The van der Waals surface area contributed by atoms with Crippen LogP contribution in [0.3, 0.4) is 0 Å². The first kappa shape index (κ1) is 14.8. The van der Waals surface area contributed by atoms with Gasteiger partial charge in [0.2, 0.25) is 0 Å². The van der Waals surface area contributed by atoms with Gasteiger partial charge in [0, 0.05) is 5.92 Å². The van der Waals surface area contributed by atoms with Gasteiger partial charge in [0.1, 0.15) is 0 Å². The molecule has 0 N–H and O–H groups in total. The number of hydrogen-bond donors (Lipinski definition) is 0. The topological polar surface area (TPSA) is 0 Å². The van der Waals surface area contributed by atoms with Crippen LogP contribution in [0.4, 0.5) is 0 Å². The lowest BCUT2D eigenvalue weighted by atomic mass is 9.70. The van der Waals surface area contributed by atoms with E-state index in [4.69, 9.17) is 0 Å². The van der Waals surface area contributed by atoms with E-state index in [1.807, 2.05) is 13.8 Å². The molecule has 0 nitrogen and oxygen atoms in total. The Morgan fingerprint density at radius 3 is 1.85 bits per heavy atom. The van der Waals surface area contributed by atoms with E-state index < -0.39 is 0 Å². The smallest absolute Gasteiger partial charge is 0.0118 e. The number of benzene rings is 2. The van der Waals surface area contributed by atoms with Crippen molar-refractivity contribution in [2.24, 2.45) is 5.92 Å². The second kappa shape index (κ2) is 7.28. The molecule has 20 heavy (non-hydrogen) atoms. The first-order valence-corrected chi connectivity index (χ1v) is 7.96. The molecule has 1 aliphatic carbocycles. The molecule has 1 aliphatic rings. The predicted molar refractivity (Wildman–Crippen MR) is 88.2 cm³/mol. The quantitative estimate of drug-likeness (QED) is 0.643. The van der Waals surface area contributed by atoms with Crippen molar-refractivity contribution in [1.29, 1.82) is 0 Å². The molecule has 3 rings (SSSR count). The van der Waals surface area contributed by atoms with Gasteiger partial charge in [-0.05, 0) is 36.8 Å². The Balaban J connectivity index is 0.000000704. The van der Waals surface area contributed by atoms with E-state index in [1.54, 1.807) is 0 Å². The monoisotopic (exact) mass is 266 g/mol. The predicted octanol–water partition coefficient (Wildman–Crippen LogP) is 5.95. The molecule has 0 aliphatic heterocycles. The van der Waals surface area contributed by atoms with Crippen LogP contribution in [-0.2, 0) is 0 Å². The van der Waals surface area contributed by atoms with Crippen molar-refractivity contribution in [3.63, 3.8) is 0 Å². The Bertz CT molecular complexity index is 491. The molecule has 0 heteroatoms. The van der Waals surface area contributed by atoms with Gasteiger partial charge in [-0.3, -0.25) is 0 Å². The van der Waals surface area contributed by atoms with Gasteiger partial charge >= 0.3 is 0 Å². The highest BCUT2D eigenvalue weighted by Gasteiger charge is 2.29. The van der Waals surface area contributed by atoms with Crippen molar-refractivity contribution in [2.75, 3.05) is 0 Å². The van der Waals surface area contributed by atoms with Gasteiger partial charge in [-0.2, -0.15) is 0 Å². The molecule has 0 saturated heterocycles. The first-order chi connectivity index (χ1) is 9.84. The molecule has 2 aromatic rings. The van der Waals surface area contributed by atoms with Gasteiger partial charge in [0.15, 0.2) is 0 Å². The fraction of sp³-hybridized carbons (Fsp3) is 0.400. The summed E-state index contributed by atoms with van der Waals surface area (Å²) < 4.78 is 0. The van der Waals surface area contributed by atoms with Crippen LogP contribution in [0, 0.1) is 12.8 Å². The van der Waals surface area contributed by atoms with Crippen molar-refractivity contribution < 1.29 is 0 Å². The highest BCUT2D eigenvalue weighted by Crippen LogP contribution is 2.43. The van der Waals surface area contributed by atoms with Crippen molar-refractivity contribution in [3.8, 4) is 0 Å². The summed E-state index contributed by atoms with van der Waals surface area (Å²) in [7, 11) is 0. The van der Waals surface area contributed by atoms with E-state index in [0.29, 0.717) is 5.92 Å². The van der Waals surface area contributed by atoms with Crippen molar-refractivity contribution >= 4 is 0 Å². The summed E-state index contributed by atoms with van der Waals surface area (Å²) in [6.45, 7) is 6.16. The SMILES string of the molecule is CC.Cc1ccc(C(c2ccccc2)C2CCC2)cc1. The number of hydrogen-bond acceptors (Lipinski definition) is 0. The molecule has 0 amide bonds. The van der Waals surface area contributed by atoms with Gasteiger partial charge < -0.3 is 0 Å². The summed E-state index contributed by atoms with van der Waals surface area (Å²) in [6.07, 6.45) is 4.17. The third-order valence-electron chi connectivity index (χ3n) is 4.22. The zero-order valence-electron chi connectivity index (χ0n) is 13.0. The van der Waals surface area contributed by atoms with Crippen molar-refractivity contribution in [1.82, 2.24) is 0 Å². The van der Waals surface area contributed by atoms with Crippen LogP contribution in [0.1, 0.15) is 55.7 Å². The van der Waals surface area contributed by atoms with Crippen LogP contribution in [0.2, 0.25) is 0 Å². The molecule has 0 aromatic heterocycles. The zero-order chi connectivity index (χ0) is 14.4. The normalized spacial score (nSPS) is 15.8. The largest absolute Gasteiger partial charge is 0.0683 e. The fourth-order valence-corrected chi connectivity index (χ4v) is 2.94. The highest BCUT2D eigenvalue weighted by atomic mass is 14.3. The summed E-state index contributed by atoms with van der Waals surface area (Å²) in [6, 6.07) is 20.1. The molecule has 1 unspecified atom stereocenters. The molecule has 0 radical (unpaired) electrons. The number of rotatable bonds is 3. The summed E-state index contributed by atoms with van der Waals surface area (Å²) in [5.41, 5.74) is 4.31. The third-order valence-corrected chi connectivity index (χ3v) is 4.22. The second-order valence-electron chi connectivity index (χ2n) is 5.49. The molecular weight excluding hydrogens is 240 g/mol. The van der Waals surface area contributed by atoms with Crippen LogP contribution in [0.5, 0.6) is 0 Å². The maximum atomic E-state index is 2.31. The van der Waals surface area contributed by atoms with Gasteiger partial charge in [-0.25, -0.2) is 0 Å². The van der Waals surface area contributed by atoms with Gasteiger partial charge in [0.05, 0.1) is 0 Å². The lowest BCUT2D eigenvalue weighted by Gasteiger charge is -2.34. The van der Waals surface area contributed by atoms with E-state index in [1.165, 1.54) is 36.0 Å². The Morgan fingerprint density at radius 1 is 0.800 bits per heavy atom. The summed E-state index contributed by atoms with van der Waals surface area (Å²) in [5, 5.41) is 0.